The highest BCUT2D eigenvalue weighted by molar-refractivity contribution is 5.89. The van der Waals surface area contributed by atoms with Gasteiger partial charge in [-0.3, -0.25) is 0 Å². The molecule has 3 heterocycles. The van der Waals surface area contributed by atoms with Crippen molar-refractivity contribution in [2.75, 3.05) is 38.5 Å². The fraction of sp³-hybridized carbons (Fsp3) is 0.562. The van der Waals surface area contributed by atoms with E-state index in [0.29, 0.717) is 5.92 Å². The van der Waals surface area contributed by atoms with Crippen LogP contribution in [0.4, 0.5) is 10.5 Å². The maximum Gasteiger partial charge on any atom is 0.321 e. The van der Waals surface area contributed by atoms with E-state index in [9.17, 15) is 4.79 Å². The van der Waals surface area contributed by atoms with Gasteiger partial charge in [-0.25, -0.2) is 14.3 Å². The number of aromatic nitrogens is 3. The number of amides is 2. The number of likely N-dealkylation sites (tertiary alicyclic amines) is 1. The van der Waals surface area contributed by atoms with Crippen LogP contribution in [0.1, 0.15) is 19.2 Å². The van der Waals surface area contributed by atoms with E-state index in [2.05, 4.69) is 34.3 Å². The van der Waals surface area contributed by atoms with Crippen LogP contribution < -0.4 is 5.32 Å². The molecule has 1 aliphatic heterocycles. The quantitative estimate of drug-likeness (QED) is 0.935. The van der Waals surface area contributed by atoms with Gasteiger partial charge in [0.2, 0.25) is 0 Å². The first-order chi connectivity index (χ1) is 11.0. The van der Waals surface area contributed by atoms with Gasteiger partial charge in [0.1, 0.15) is 5.82 Å². The van der Waals surface area contributed by atoms with Crippen LogP contribution in [0.2, 0.25) is 0 Å². The molecule has 3 rings (SSSR count). The molecule has 0 aliphatic carbocycles. The summed E-state index contributed by atoms with van der Waals surface area (Å²) in [5, 5.41) is 7.23. The maximum atomic E-state index is 12.4. The lowest BCUT2D eigenvalue weighted by molar-refractivity contribution is 0.218. The number of nitrogens with zero attached hydrogens (tertiary/aromatic N) is 5. The van der Waals surface area contributed by atoms with E-state index in [4.69, 9.17) is 0 Å². The van der Waals surface area contributed by atoms with Crippen molar-refractivity contribution in [2.24, 2.45) is 5.92 Å². The van der Waals surface area contributed by atoms with Gasteiger partial charge in [-0.2, -0.15) is 5.10 Å². The maximum absolute atomic E-state index is 12.4. The first kappa shape index (κ1) is 15.7. The molecule has 1 saturated heterocycles. The van der Waals surface area contributed by atoms with Crippen molar-refractivity contribution in [3.63, 3.8) is 0 Å². The SMILES string of the molecule is CCN(C)CC1CCN(C(=O)Nc2ccc3nc(C)nn3c2)C1. The van der Waals surface area contributed by atoms with Crippen molar-refractivity contribution >= 4 is 17.4 Å². The molecule has 2 aromatic heterocycles. The molecule has 0 saturated carbocycles. The molecular weight excluding hydrogens is 292 g/mol. The Morgan fingerprint density at radius 2 is 2.30 bits per heavy atom. The van der Waals surface area contributed by atoms with E-state index in [0.717, 1.165) is 49.8 Å². The summed E-state index contributed by atoms with van der Waals surface area (Å²) in [5.74, 6) is 1.28. The zero-order valence-electron chi connectivity index (χ0n) is 14.0. The predicted octanol–water partition coefficient (Wildman–Crippen LogP) is 1.84. The fourth-order valence-electron chi connectivity index (χ4n) is 3.01. The summed E-state index contributed by atoms with van der Waals surface area (Å²) in [7, 11) is 2.12. The lowest BCUT2D eigenvalue weighted by Gasteiger charge is -2.20. The van der Waals surface area contributed by atoms with Gasteiger partial charge in [0.05, 0.1) is 11.9 Å². The van der Waals surface area contributed by atoms with Gasteiger partial charge in [0, 0.05) is 19.6 Å². The van der Waals surface area contributed by atoms with Crippen molar-refractivity contribution in [3.8, 4) is 0 Å². The number of aryl methyl sites for hydroxylation is 1. The Bertz CT molecular complexity index is 697. The molecule has 0 spiro atoms. The monoisotopic (exact) mass is 316 g/mol. The summed E-state index contributed by atoms with van der Waals surface area (Å²) in [4.78, 5) is 20.9. The van der Waals surface area contributed by atoms with E-state index in [-0.39, 0.29) is 6.03 Å². The van der Waals surface area contributed by atoms with Crippen molar-refractivity contribution < 1.29 is 4.79 Å². The molecule has 0 radical (unpaired) electrons. The number of hydrogen-bond acceptors (Lipinski definition) is 4. The average Bonchev–Trinajstić information content (AvgIpc) is 3.12. The molecule has 1 unspecified atom stereocenters. The number of carbonyl (C=O) groups is 1. The van der Waals surface area contributed by atoms with Gasteiger partial charge >= 0.3 is 6.03 Å². The second-order valence-corrected chi connectivity index (χ2v) is 6.27. The van der Waals surface area contributed by atoms with Crippen molar-refractivity contribution in [3.05, 3.63) is 24.2 Å². The second-order valence-electron chi connectivity index (χ2n) is 6.27. The second kappa shape index (κ2) is 6.54. The first-order valence-corrected chi connectivity index (χ1v) is 8.12. The Labute approximate surface area is 136 Å². The third-order valence-corrected chi connectivity index (χ3v) is 4.37. The smallest absolute Gasteiger partial charge is 0.321 e. The van der Waals surface area contributed by atoms with Crippen molar-refractivity contribution in [1.82, 2.24) is 24.4 Å². The molecule has 0 aromatic carbocycles. The minimum absolute atomic E-state index is 0.0390. The molecular formula is C16H24N6O. The number of pyridine rings is 1. The molecule has 2 aromatic rings. The Morgan fingerprint density at radius 3 is 3.09 bits per heavy atom. The van der Waals surface area contributed by atoms with Crippen LogP contribution in [0.5, 0.6) is 0 Å². The number of nitrogens with one attached hydrogen (secondary N) is 1. The Morgan fingerprint density at radius 1 is 1.48 bits per heavy atom. The molecule has 2 amide bonds. The fourth-order valence-corrected chi connectivity index (χ4v) is 3.01. The molecule has 124 valence electrons. The summed E-state index contributed by atoms with van der Waals surface area (Å²) < 4.78 is 1.69. The molecule has 7 nitrogen and oxygen atoms in total. The highest BCUT2D eigenvalue weighted by atomic mass is 16.2. The summed E-state index contributed by atoms with van der Waals surface area (Å²) in [6, 6.07) is 3.68. The zero-order chi connectivity index (χ0) is 16.4. The third kappa shape index (κ3) is 3.61. The van der Waals surface area contributed by atoms with Crippen LogP contribution in [0.15, 0.2) is 18.3 Å². The van der Waals surface area contributed by atoms with Gasteiger partial charge in [-0.1, -0.05) is 6.92 Å². The molecule has 1 N–H and O–H groups in total. The Hall–Kier alpha value is -2.15. The largest absolute Gasteiger partial charge is 0.324 e. The van der Waals surface area contributed by atoms with Gasteiger partial charge in [-0.15, -0.1) is 0 Å². The average molecular weight is 316 g/mol. The Kier molecular flexibility index (Phi) is 4.47. The summed E-state index contributed by atoms with van der Waals surface area (Å²) in [6.45, 7) is 7.73. The van der Waals surface area contributed by atoms with E-state index in [1.807, 2.05) is 24.0 Å². The lowest BCUT2D eigenvalue weighted by Crippen LogP contribution is -2.34. The highest BCUT2D eigenvalue weighted by Crippen LogP contribution is 2.18. The third-order valence-electron chi connectivity index (χ3n) is 4.37. The van der Waals surface area contributed by atoms with Gasteiger partial charge in [0.25, 0.3) is 0 Å². The van der Waals surface area contributed by atoms with E-state index < -0.39 is 0 Å². The van der Waals surface area contributed by atoms with Crippen LogP contribution in [-0.4, -0.2) is 63.7 Å². The summed E-state index contributed by atoms with van der Waals surface area (Å²) >= 11 is 0. The van der Waals surface area contributed by atoms with Gasteiger partial charge in [-0.05, 0) is 45.0 Å². The lowest BCUT2D eigenvalue weighted by atomic mass is 10.1. The molecule has 7 heteroatoms. The predicted molar refractivity (Wildman–Crippen MR) is 89.6 cm³/mol. The van der Waals surface area contributed by atoms with Crippen LogP contribution in [0, 0.1) is 12.8 Å². The van der Waals surface area contributed by atoms with Crippen LogP contribution in [0.25, 0.3) is 5.65 Å². The number of urea groups is 1. The topological polar surface area (TPSA) is 65.8 Å². The van der Waals surface area contributed by atoms with Crippen molar-refractivity contribution in [2.45, 2.75) is 20.3 Å². The Balaban J connectivity index is 1.60. The molecule has 1 atom stereocenters. The van der Waals surface area contributed by atoms with Gasteiger partial charge < -0.3 is 15.1 Å². The first-order valence-electron chi connectivity index (χ1n) is 8.12. The van der Waals surface area contributed by atoms with E-state index >= 15 is 0 Å². The van der Waals surface area contributed by atoms with Crippen LogP contribution in [0.3, 0.4) is 0 Å². The minimum atomic E-state index is -0.0390. The van der Waals surface area contributed by atoms with Crippen LogP contribution in [-0.2, 0) is 0 Å². The normalized spacial score (nSPS) is 18.1. The van der Waals surface area contributed by atoms with Crippen molar-refractivity contribution in [1.29, 1.82) is 0 Å². The number of anilines is 1. The van der Waals surface area contributed by atoms with Crippen LogP contribution >= 0.6 is 0 Å². The molecule has 0 bridgehead atoms. The molecule has 23 heavy (non-hydrogen) atoms. The number of fused-ring (bicyclic) bond motifs is 1. The number of rotatable bonds is 4. The molecule has 1 aliphatic rings. The highest BCUT2D eigenvalue weighted by Gasteiger charge is 2.26. The zero-order valence-corrected chi connectivity index (χ0v) is 14.0. The molecule has 1 fully saturated rings. The minimum Gasteiger partial charge on any atom is -0.324 e. The summed E-state index contributed by atoms with van der Waals surface area (Å²) in [6.07, 6.45) is 2.87. The standard InChI is InChI=1S/C16H24N6O/c1-4-20(3)9-13-7-8-21(10-13)16(23)18-14-5-6-15-17-12(2)19-22(15)11-14/h5-6,11,13H,4,7-10H2,1-3H3,(H,18,23). The summed E-state index contributed by atoms with van der Waals surface area (Å²) in [5.41, 5.74) is 1.52. The number of carbonyl (C=O) groups excluding carboxylic acids is 1. The van der Waals surface area contributed by atoms with E-state index in [1.165, 1.54) is 0 Å². The van der Waals surface area contributed by atoms with Gasteiger partial charge in [0.15, 0.2) is 5.65 Å². The number of hydrogen-bond donors (Lipinski definition) is 1. The van der Waals surface area contributed by atoms with E-state index in [1.54, 1.807) is 10.7 Å².